The Hall–Kier alpha value is -2.38. The monoisotopic (exact) mass is 396 g/mol. The zero-order valence-electron chi connectivity index (χ0n) is 15.9. The molecule has 1 aliphatic carbocycles. The van der Waals surface area contributed by atoms with Gasteiger partial charge >= 0.3 is 6.18 Å². The van der Waals surface area contributed by atoms with Gasteiger partial charge < -0.3 is 4.90 Å². The molecule has 5 nitrogen and oxygen atoms in total. The van der Waals surface area contributed by atoms with E-state index >= 15 is 0 Å². The topological polar surface area (TPSA) is 57.7 Å². The normalized spacial score (nSPS) is 22.7. The Morgan fingerprint density at radius 3 is 2.39 bits per heavy atom. The Kier molecular flexibility index (Phi) is 5.25. The van der Waals surface area contributed by atoms with Gasteiger partial charge in [0, 0.05) is 32.0 Å². The van der Waals surface area contributed by atoms with E-state index in [0.29, 0.717) is 25.9 Å². The van der Waals surface area contributed by atoms with Crippen LogP contribution >= 0.6 is 0 Å². The molecule has 1 aliphatic heterocycles. The summed E-state index contributed by atoms with van der Waals surface area (Å²) in [5.41, 5.74) is -2.41. The van der Waals surface area contributed by atoms with Crippen LogP contribution in [0.3, 0.4) is 0 Å². The van der Waals surface area contributed by atoms with Gasteiger partial charge in [-0.15, -0.1) is 0 Å². The highest BCUT2D eigenvalue weighted by Gasteiger charge is 2.57. The summed E-state index contributed by atoms with van der Waals surface area (Å²) in [7, 11) is 0. The molecule has 1 aromatic carbocycles. The third kappa shape index (κ3) is 3.52. The second-order valence-corrected chi connectivity index (χ2v) is 7.38. The maximum atomic E-state index is 13.3. The number of imide groups is 1. The molecule has 0 unspecified atom stereocenters. The number of carbonyl (C=O) groups excluding carboxylic acids is 3. The molecule has 2 fully saturated rings. The fraction of sp³-hybridized carbons (Fsp3) is 0.550. The molecule has 0 aromatic heterocycles. The number of hydrogen-bond acceptors (Lipinski definition) is 3. The molecule has 0 N–H and O–H groups in total. The maximum Gasteiger partial charge on any atom is 0.416 e. The van der Waals surface area contributed by atoms with Gasteiger partial charge in [-0.25, -0.2) is 0 Å². The van der Waals surface area contributed by atoms with Crippen LogP contribution in [0.4, 0.5) is 13.2 Å². The standard InChI is InChI=1S/C20H23F3N2O3/c1-3-24(4-2)16(26)11-19(12-17(27)25(18(19)28)15-8-9-15)13-6-5-7-14(10-13)20(21,22)23/h5-7,10,15H,3-4,8-9,11-12H2,1-2H3/t19-/m1/s1. The minimum Gasteiger partial charge on any atom is -0.343 e. The lowest BCUT2D eigenvalue weighted by molar-refractivity contribution is -0.143. The number of halogens is 3. The van der Waals surface area contributed by atoms with Crippen molar-refractivity contribution in [3.63, 3.8) is 0 Å². The van der Waals surface area contributed by atoms with Crippen LogP contribution in [0.2, 0.25) is 0 Å². The van der Waals surface area contributed by atoms with Crippen LogP contribution in [0, 0.1) is 0 Å². The first kappa shape index (κ1) is 20.4. The first-order valence-corrected chi connectivity index (χ1v) is 9.46. The van der Waals surface area contributed by atoms with Crippen LogP contribution in [-0.4, -0.2) is 46.7 Å². The van der Waals surface area contributed by atoms with Gasteiger partial charge in [0.2, 0.25) is 17.7 Å². The molecular weight excluding hydrogens is 373 g/mol. The molecule has 1 aromatic rings. The molecule has 0 spiro atoms. The van der Waals surface area contributed by atoms with E-state index < -0.39 is 29.0 Å². The van der Waals surface area contributed by atoms with Gasteiger partial charge in [-0.3, -0.25) is 19.3 Å². The Labute approximate surface area is 161 Å². The number of amides is 3. The minimum absolute atomic E-state index is 0.0735. The molecule has 2 aliphatic rings. The van der Waals surface area contributed by atoms with Crippen LogP contribution < -0.4 is 0 Å². The van der Waals surface area contributed by atoms with Crippen molar-refractivity contribution in [2.75, 3.05) is 13.1 Å². The summed E-state index contributed by atoms with van der Waals surface area (Å²) in [4.78, 5) is 41.3. The molecule has 1 heterocycles. The van der Waals surface area contributed by atoms with E-state index in [2.05, 4.69) is 0 Å². The lowest BCUT2D eigenvalue weighted by Crippen LogP contribution is -2.44. The fourth-order valence-corrected chi connectivity index (χ4v) is 3.87. The zero-order valence-corrected chi connectivity index (χ0v) is 15.9. The largest absolute Gasteiger partial charge is 0.416 e. The Bertz CT molecular complexity index is 800. The maximum absolute atomic E-state index is 13.3. The van der Waals surface area contributed by atoms with Gasteiger partial charge in [-0.1, -0.05) is 18.2 Å². The molecular formula is C20H23F3N2O3. The third-order valence-electron chi connectivity index (χ3n) is 5.57. The van der Waals surface area contributed by atoms with Crippen molar-refractivity contribution in [2.24, 2.45) is 0 Å². The van der Waals surface area contributed by atoms with Crippen molar-refractivity contribution in [3.8, 4) is 0 Å². The van der Waals surface area contributed by atoms with Gasteiger partial charge in [0.25, 0.3) is 0 Å². The highest BCUT2D eigenvalue weighted by atomic mass is 19.4. The molecule has 28 heavy (non-hydrogen) atoms. The lowest BCUT2D eigenvalue weighted by Gasteiger charge is -2.30. The van der Waals surface area contributed by atoms with Gasteiger partial charge in [-0.2, -0.15) is 13.2 Å². The fourth-order valence-electron chi connectivity index (χ4n) is 3.87. The summed E-state index contributed by atoms with van der Waals surface area (Å²) in [6.45, 7) is 4.41. The highest BCUT2D eigenvalue weighted by Crippen LogP contribution is 2.45. The van der Waals surface area contributed by atoms with Gasteiger partial charge in [0.05, 0.1) is 11.0 Å². The van der Waals surface area contributed by atoms with Crippen LogP contribution in [0.5, 0.6) is 0 Å². The molecule has 1 saturated heterocycles. The Morgan fingerprint density at radius 2 is 1.86 bits per heavy atom. The van der Waals surface area contributed by atoms with E-state index in [-0.39, 0.29) is 30.4 Å². The van der Waals surface area contributed by atoms with Crippen LogP contribution in [0.15, 0.2) is 24.3 Å². The molecule has 1 saturated carbocycles. The summed E-state index contributed by atoms with van der Waals surface area (Å²) >= 11 is 0. The predicted molar refractivity (Wildman–Crippen MR) is 95.2 cm³/mol. The molecule has 1 atom stereocenters. The van der Waals surface area contributed by atoms with Crippen molar-refractivity contribution in [1.29, 1.82) is 0 Å². The summed E-state index contributed by atoms with van der Waals surface area (Å²) in [5.74, 6) is -1.32. The van der Waals surface area contributed by atoms with Gasteiger partial charge in [-0.05, 0) is 38.3 Å². The average molecular weight is 396 g/mol. The van der Waals surface area contributed by atoms with Crippen molar-refractivity contribution in [3.05, 3.63) is 35.4 Å². The summed E-state index contributed by atoms with van der Waals surface area (Å²) in [5, 5.41) is 0. The van der Waals surface area contributed by atoms with E-state index in [4.69, 9.17) is 0 Å². The van der Waals surface area contributed by atoms with Crippen LogP contribution in [0.25, 0.3) is 0 Å². The van der Waals surface area contributed by atoms with E-state index in [1.807, 2.05) is 0 Å². The molecule has 0 radical (unpaired) electrons. The minimum atomic E-state index is -4.58. The molecule has 3 rings (SSSR count). The van der Waals surface area contributed by atoms with Crippen molar-refractivity contribution >= 4 is 17.7 Å². The first-order valence-electron chi connectivity index (χ1n) is 9.46. The first-order chi connectivity index (χ1) is 13.1. The quantitative estimate of drug-likeness (QED) is 0.695. The molecule has 0 bridgehead atoms. The molecule has 152 valence electrons. The van der Waals surface area contributed by atoms with Crippen LogP contribution in [-0.2, 0) is 26.0 Å². The lowest BCUT2D eigenvalue weighted by atomic mass is 9.75. The predicted octanol–water partition coefficient (Wildman–Crippen LogP) is 3.12. The second kappa shape index (κ2) is 7.22. The highest BCUT2D eigenvalue weighted by molar-refractivity contribution is 6.11. The van der Waals surface area contributed by atoms with E-state index in [1.54, 1.807) is 13.8 Å². The van der Waals surface area contributed by atoms with Crippen molar-refractivity contribution in [1.82, 2.24) is 9.80 Å². The Balaban J connectivity index is 2.07. The van der Waals surface area contributed by atoms with E-state index in [9.17, 15) is 27.6 Å². The summed E-state index contributed by atoms with van der Waals surface area (Å²) in [6, 6.07) is 4.25. The van der Waals surface area contributed by atoms with Crippen molar-refractivity contribution in [2.45, 2.75) is 57.2 Å². The number of carbonyl (C=O) groups is 3. The molecule has 3 amide bonds. The summed E-state index contributed by atoms with van der Waals surface area (Å²) < 4.78 is 39.7. The van der Waals surface area contributed by atoms with E-state index in [0.717, 1.165) is 17.0 Å². The third-order valence-corrected chi connectivity index (χ3v) is 5.57. The zero-order chi connectivity index (χ0) is 20.7. The van der Waals surface area contributed by atoms with Gasteiger partial charge in [0.1, 0.15) is 0 Å². The SMILES string of the molecule is CCN(CC)C(=O)C[C@]1(c2cccc(C(F)(F)F)c2)CC(=O)N(C2CC2)C1=O. The number of benzene rings is 1. The average Bonchev–Trinajstić information content (AvgIpc) is 3.42. The number of rotatable bonds is 6. The Morgan fingerprint density at radius 1 is 1.21 bits per heavy atom. The molecule has 8 heteroatoms. The summed E-state index contributed by atoms with van der Waals surface area (Å²) in [6.07, 6.45) is -3.79. The number of hydrogen-bond donors (Lipinski definition) is 0. The smallest absolute Gasteiger partial charge is 0.343 e. The number of nitrogens with zero attached hydrogens (tertiary/aromatic N) is 2. The number of likely N-dealkylation sites (tertiary alicyclic amines) is 1. The van der Waals surface area contributed by atoms with E-state index in [1.165, 1.54) is 17.0 Å². The van der Waals surface area contributed by atoms with Crippen molar-refractivity contribution < 1.29 is 27.6 Å². The number of alkyl halides is 3. The van der Waals surface area contributed by atoms with Gasteiger partial charge in [0.15, 0.2) is 0 Å². The second-order valence-electron chi connectivity index (χ2n) is 7.38. The van der Waals surface area contributed by atoms with Crippen LogP contribution in [0.1, 0.15) is 50.7 Å².